The molecule has 0 radical (unpaired) electrons. The summed E-state index contributed by atoms with van der Waals surface area (Å²) in [6.45, 7) is 0. The van der Waals surface area contributed by atoms with Crippen LogP contribution in [0.2, 0.25) is 0 Å². The molecule has 0 saturated carbocycles. The van der Waals surface area contributed by atoms with Gasteiger partial charge in [-0.15, -0.1) is 0 Å². The molecule has 0 aliphatic heterocycles. The van der Waals surface area contributed by atoms with E-state index in [-0.39, 0.29) is 4.88 Å². The highest BCUT2D eigenvalue weighted by molar-refractivity contribution is 7.17. The summed E-state index contributed by atoms with van der Waals surface area (Å²) in [6, 6.07) is 3.30. The van der Waals surface area contributed by atoms with Crippen LogP contribution in [0.25, 0.3) is 10.8 Å². The summed E-state index contributed by atoms with van der Waals surface area (Å²) < 4.78 is 5.01. The van der Waals surface area contributed by atoms with Crippen LogP contribution in [-0.4, -0.2) is 21.2 Å². The van der Waals surface area contributed by atoms with E-state index in [4.69, 9.17) is 9.52 Å². The number of aromatic hydroxyl groups is 1. The minimum absolute atomic E-state index is 0.184. The van der Waals surface area contributed by atoms with Gasteiger partial charge in [-0.3, -0.25) is 0 Å². The zero-order valence-corrected chi connectivity index (χ0v) is 7.61. The number of carboxylic acids is 1. The summed E-state index contributed by atoms with van der Waals surface area (Å²) in [4.78, 5) is 14.1. The number of aromatic carboxylic acids is 1. The zero-order valence-electron chi connectivity index (χ0n) is 6.80. The maximum Gasteiger partial charge on any atom is 0.351 e. The molecule has 2 rings (SSSR count). The van der Waals surface area contributed by atoms with Gasteiger partial charge in [0.15, 0.2) is 15.6 Å². The van der Waals surface area contributed by atoms with E-state index in [1.54, 1.807) is 12.1 Å². The molecule has 2 heterocycles. The van der Waals surface area contributed by atoms with Crippen molar-refractivity contribution in [2.45, 2.75) is 0 Å². The maximum absolute atomic E-state index is 10.6. The topological polar surface area (TPSA) is 83.6 Å². The lowest BCUT2D eigenvalue weighted by Crippen LogP contribution is -1.91. The van der Waals surface area contributed by atoms with Gasteiger partial charge >= 0.3 is 5.97 Å². The van der Waals surface area contributed by atoms with Crippen LogP contribution >= 0.6 is 11.3 Å². The number of carbonyl (C=O) groups is 1. The molecule has 0 unspecified atom stereocenters. The van der Waals surface area contributed by atoms with E-state index >= 15 is 0 Å². The predicted octanol–water partition coefficient (Wildman–Crippen LogP) is 1.81. The van der Waals surface area contributed by atoms with Crippen molar-refractivity contribution < 1.29 is 19.4 Å². The van der Waals surface area contributed by atoms with Gasteiger partial charge in [0.2, 0.25) is 5.88 Å². The highest BCUT2D eigenvalue weighted by atomic mass is 32.1. The third-order valence-corrected chi connectivity index (χ3v) is 2.58. The number of thiazole rings is 1. The van der Waals surface area contributed by atoms with Gasteiger partial charge in [0.1, 0.15) is 0 Å². The molecule has 0 spiro atoms. The minimum atomic E-state index is -1.20. The standard InChI is InChI=1S/C8H5NO4S/c10-6-5(8(11)12)14-7(9-6)4-2-1-3-13-4/h1-3,10H,(H,11,12). The lowest BCUT2D eigenvalue weighted by atomic mass is 10.5. The minimum Gasteiger partial charge on any atom is -0.492 e. The van der Waals surface area contributed by atoms with Crippen molar-refractivity contribution in [2.24, 2.45) is 0 Å². The largest absolute Gasteiger partial charge is 0.492 e. The molecule has 2 N–H and O–H groups in total. The van der Waals surface area contributed by atoms with Crippen LogP contribution in [0.4, 0.5) is 0 Å². The first-order chi connectivity index (χ1) is 6.68. The molecule has 0 fully saturated rings. The van der Waals surface area contributed by atoms with Crippen LogP contribution in [0.5, 0.6) is 5.88 Å². The molecule has 5 nitrogen and oxygen atoms in total. The zero-order chi connectivity index (χ0) is 10.1. The molecule has 6 heteroatoms. The van der Waals surface area contributed by atoms with Gasteiger partial charge in [-0.2, -0.15) is 4.98 Å². The molecule has 0 aliphatic rings. The molecular weight excluding hydrogens is 206 g/mol. The molecule has 0 amide bonds. The van der Waals surface area contributed by atoms with Crippen LogP contribution < -0.4 is 0 Å². The highest BCUT2D eigenvalue weighted by Gasteiger charge is 2.18. The molecular formula is C8H5NO4S. The number of aromatic nitrogens is 1. The Balaban J connectivity index is 2.48. The van der Waals surface area contributed by atoms with Gasteiger partial charge in [-0.25, -0.2) is 4.79 Å². The highest BCUT2D eigenvalue weighted by Crippen LogP contribution is 2.31. The van der Waals surface area contributed by atoms with Crippen molar-refractivity contribution in [1.82, 2.24) is 4.98 Å². The summed E-state index contributed by atoms with van der Waals surface area (Å²) in [6.07, 6.45) is 1.45. The lowest BCUT2D eigenvalue weighted by molar-refractivity contribution is 0.0699. The summed E-state index contributed by atoms with van der Waals surface area (Å²) >= 11 is 0.871. The van der Waals surface area contributed by atoms with Crippen molar-refractivity contribution in [3.05, 3.63) is 23.3 Å². The Hall–Kier alpha value is -1.82. The number of furan rings is 1. The Kier molecular flexibility index (Phi) is 1.97. The molecule has 0 aromatic carbocycles. The van der Waals surface area contributed by atoms with E-state index in [9.17, 15) is 9.90 Å². The van der Waals surface area contributed by atoms with Crippen LogP contribution in [0, 0.1) is 0 Å². The van der Waals surface area contributed by atoms with E-state index in [2.05, 4.69) is 4.98 Å². The summed E-state index contributed by atoms with van der Waals surface area (Å²) in [5.41, 5.74) is 0. The second-order valence-electron chi connectivity index (χ2n) is 2.45. The number of hydrogen-bond donors (Lipinski definition) is 2. The Labute approximate surface area is 82.3 Å². The van der Waals surface area contributed by atoms with Gasteiger partial charge in [0.25, 0.3) is 0 Å². The van der Waals surface area contributed by atoms with Gasteiger partial charge < -0.3 is 14.6 Å². The van der Waals surface area contributed by atoms with E-state index in [1.807, 2.05) is 0 Å². The van der Waals surface area contributed by atoms with Crippen molar-refractivity contribution in [2.75, 3.05) is 0 Å². The first kappa shape index (κ1) is 8.76. The maximum atomic E-state index is 10.6. The van der Waals surface area contributed by atoms with Gasteiger partial charge in [0.05, 0.1) is 6.26 Å². The van der Waals surface area contributed by atoms with E-state index in [0.717, 1.165) is 11.3 Å². The normalized spacial score (nSPS) is 10.3. The Bertz CT molecular complexity index is 460. The molecule has 2 aromatic rings. The summed E-state index contributed by atoms with van der Waals surface area (Å²) in [5, 5.41) is 18.2. The van der Waals surface area contributed by atoms with E-state index in [0.29, 0.717) is 10.8 Å². The van der Waals surface area contributed by atoms with Gasteiger partial charge in [-0.1, -0.05) is 11.3 Å². The monoisotopic (exact) mass is 211 g/mol. The molecule has 14 heavy (non-hydrogen) atoms. The molecule has 0 atom stereocenters. The third kappa shape index (κ3) is 1.35. The fourth-order valence-corrected chi connectivity index (χ4v) is 1.72. The molecule has 2 aromatic heterocycles. The number of carboxylic acid groups (broad SMARTS) is 1. The fourth-order valence-electron chi connectivity index (χ4n) is 0.957. The quantitative estimate of drug-likeness (QED) is 0.791. The average Bonchev–Trinajstić information content (AvgIpc) is 2.70. The summed E-state index contributed by atoms with van der Waals surface area (Å²) in [7, 11) is 0. The van der Waals surface area contributed by atoms with Crippen LogP contribution in [0.3, 0.4) is 0 Å². The Morgan fingerprint density at radius 1 is 1.57 bits per heavy atom. The van der Waals surface area contributed by atoms with Crippen LogP contribution in [0.15, 0.2) is 22.8 Å². The average molecular weight is 211 g/mol. The second-order valence-corrected chi connectivity index (χ2v) is 3.45. The number of hydrogen-bond acceptors (Lipinski definition) is 5. The first-order valence-corrected chi connectivity index (χ1v) is 4.47. The lowest BCUT2D eigenvalue weighted by Gasteiger charge is -1.84. The molecule has 0 aliphatic carbocycles. The van der Waals surface area contributed by atoms with Crippen molar-refractivity contribution in [3.8, 4) is 16.6 Å². The van der Waals surface area contributed by atoms with Crippen molar-refractivity contribution >= 4 is 17.3 Å². The Morgan fingerprint density at radius 2 is 2.36 bits per heavy atom. The first-order valence-electron chi connectivity index (χ1n) is 3.65. The fraction of sp³-hybridized carbons (Fsp3) is 0. The van der Waals surface area contributed by atoms with Crippen LogP contribution in [0.1, 0.15) is 9.67 Å². The van der Waals surface area contributed by atoms with Gasteiger partial charge in [-0.05, 0) is 12.1 Å². The predicted molar refractivity (Wildman–Crippen MR) is 48.4 cm³/mol. The van der Waals surface area contributed by atoms with E-state index < -0.39 is 11.8 Å². The SMILES string of the molecule is O=C(O)c1sc(-c2ccco2)nc1O. The third-order valence-electron chi connectivity index (χ3n) is 1.54. The number of nitrogens with zero attached hydrogens (tertiary/aromatic N) is 1. The molecule has 72 valence electrons. The molecule has 0 saturated heterocycles. The van der Waals surface area contributed by atoms with Crippen molar-refractivity contribution in [3.63, 3.8) is 0 Å². The van der Waals surface area contributed by atoms with Crippen molar-refractivity contribution in [1.29, 1.82) is 0 Å². The van der Waals surface area contributed by atoms with Gasteiger partial charge in [0, 0.05) is 0 Å². The smallest absolute Gasteiger partial charge is 0.351 e. The number of rotatable bonds is 2. The Morgan fingerprint density at radius 3 is 2.86 bits per heavy atom. The summed E-state index contributed by atoms with van der Waals surface area (Å²) in [5.74, 6) is -1.23. The van der Waals surface area contributed by atoms with E-state index in [1.165, 1.54) is 6.26 Å². The second kappa shape index (κ2) is 3.15. The molecule has 0 bridgehead atoms. The van der Waals surface area contributed by atoms with Crippen LogP contribution in [-0.2, 0) is 0 Å².